The number of hydrogen-bond acceptors (Lipinski definition) is 4. The van der Waals surface area contributed by atoms with E-state index in [4.69, 9.17) is 4.74 Å². The lowest BCUT2D eigenvalue weighted by molar-refractivity contribution is 0.000960. The molecule has 0 amide bonds. The first-order valence-corrected chi connectivity index (χ1v) is 6.13. The van der Waals surface area contributed by atoms with Crippen molar-refractivity contribution in [3.63, 3.8) is 0 Å². The van der Waals surface area contributed by atoms with E-state index >= 15 is 0 Å². The van der Waals surface area contributed by atoms with Crippen LogP contribution in [0.25, 0.3) is 0 Å². The first-order valence-electron chi connectivity index (χ1n) is 6.13. The van der Waals surface area contributed by atoms with Crippen LogP contribution < -0.4 is 10.1 Å². The fourth-order valence-electron chi connectivity index (χ4n) is 2.42. The summed E-state index contributed by atoms with van der Waals surface area (Å²) >= 11 is 0. The van der Waals surface area contributed by atoms with Gasteiger partial charge in [-0.1, -0.05) is 0 Å². The maximum atomic E-state index is 10.8. The standard InChI is InChI=1S/C12H21N3O2/c1-9(2)15-11(10(17-3)7-14-15)12(16)5-4-6-13-8-12/h7,9,13,16H,4-6,8H2,1-3H3. The number of hydrogen-bond donors (Lipinski definition) is 2. The molecule has 2 N–H and O–H groups in total. The second-order valence-electron chi connectivity index (χ2n) is 4.91. The SMILES string of the molecule is COc1cnn(C(C)C)c1C1(O)CCCNC1. The molecule has 1 unspecified atom stereocenters. The number of methoxy groups -OCH3 is 1. The summed E-state index contributed by atoms with van der Waals surface area (Å²) in [6.07, 6.45) is 3.39. The van der Waals surface area contributed by atoms with E-state index in [2.05, 4.69) is 24.3 Å². The second-order valence-corrected chi connectivity index (χ2v) is 4.91. The van der Waals surface area contributed by atoms with Crippen molar-refractivity contribution in [2.24, 2.45) is 0 Å². The number of nitrogens with one attached hydrogen (secondary N) is 1. The maximum Gasteiger partial charge on any atom is 0.163 e. The highest BCUT2D eigenvalue weighted by atomic mass is 16.5. The van der Waals surface area contributed by atoms with Crippen molar-refractivity contribution >= 4 is 0 Å². The van der Waals surface area contributed by atoms with Crippen molar-refractivity contribution in [1.82, 2.24) is 15.1 Å². The molecule has 0 aliphatic carbocycles. The van der Waals surface area contributed by atoms with E-state index in [0.29, 0.717) is 12.3 Å². The lowest BCUT2D eigenvalue weighted by Crippen LogP contribution is -2.45. The Morgan fingerprint density at radius 2 is 2.35 bits per heavy atom. The van der Waals surface area contributed by atoms with Crippen LogP contribution >= 0.6 is 0 Å². The largest absolute Gasteiger partial charge is 0.493 e. The van der Waals surface area contributed by atoms with Crippen LogP contribution in [-0.2, 0) is 5.60 Å². The van der Waals surface area contributed by atoms with Crippen LogP contribution in [0.5, 0.6) is 5.75 Å². The smallest absolute Gasteiger partial charge is 0.163 e. The zero-order chi connectivity index (χ0) is 12.5. The third-order valence-corrected chi connectivity index (χ3v) is 3.27. The Bertz CT molecular complexity index is 381. The van der Waals surface area contributed by atoms with Crippen LogP contribution in [0, 0.1) is 0 Å². The Morgan fingerprint density at radius 3 is 2.88 bits per heavy atom. The van der Waals surface area contributed by atoms with Gasteiger partial charge < -0.3 is 15.2 Å². The summed E-state index contributed by atoms with van der Waals surface area (Å²) in [6.45, 7) is 5.62. The van der Waals surface area contributed by atoms with Gasteiger partial charge >= 0.3 is 0 Å². The molecular weight excluding hydrogens is 218 g/mol. The molecular formula is C12H21N3O2. The zero-order valence-electron chi connectivity index (χ0n) is 10.7. The summed E-state index contributed by atoms with van der Waals surface area (Å²) in [4.78, 5) is 0. The summed E-state index contributed by atoms with van der Waals surface area (Å²) in [5, 5.41) is 18.3. The summed E-state index contributed by atoms with van der Waals surface area (Å²) in [5.74, 6) is 0.671. The van der Waals surface area contributed by atoms with E-state index in [1.54, 1.807) is 13.3 Å². The molecule has 5 heteroatoms. The first-order chi connectivity index (χ1) is 8.08. The number of β-amino-alcohol motifs (C(OH)–C–C–N with tert-alkyl or cyclic N) is 1. The van der Waals surface area contributed by atoms with E-state index in [1.165, 1.54) is 0 Å². The molecule has 1 saturated heterocycles. The highest BCUT2D eigenvalue weighted by Crippen LogP contribution is 2.36. The molecule has 1 aliphatic rings. The van der Waals surface area contributed by atoms with Crippen LogP contribution in [-0.4, -0.2) is 35.1 Å². The van der Waals surface area contributed by atoms with Crippen LogP contribution in [0.1, 0.15) is 38.4 Å². The van der Waals surface area contributed by atoms with Crippen molar-refractivity contribution in [3.05, 3.63) is 11.9 Å². The van der Waals surface area contributed by atoms with Crippen molar-refractivity contribution < 1.29 is 9.84 Å². The molecule has 2 rings (SSSR count). The Balaban J connectivity index is 2.43. The van der Waals surface area contributed by atoms with Crippen molar-refractivity contribution in [3.8, 4) is 5.75 Å². The number of aliphatic hydroxyl groups is 1. The third kappa shape index (κ3) is 2.17. The summed E-state index contributed by atoms with van der Waals surface area (Å²) < 4.78 is 7.18. The first kappa shape index (κ1) is 12.4. The molecule has 96 valence electrons. The van der Waals surface area contributed by atoms with Crippen LogP contribution in [0.2, 0.25) is 0 Å². The lowest BCUT2D eigenvalue weighted by Gasteiger charge is -2.34. The topological polar surface area (TPSA) is 59.3 Å². The molecule has 1 aliphatic heterocycles. The predicted molar refractivity (Wildman–Crippen MR) is 65.2 cm³/mol. The van der Waals surface area contributed by atoms with Gasteiger partial charge in [-0.25, -0.2) is 0 Å². The number of piperidine rings is 1. The Hall–Kier alpha value is -1.07. The van der Waals surface area contributed by atoms with E-state index in [1.807, 2.05) is 4.68 Å². The molecule has 5 nitrogen and oxygen atoms in total. The van der Waals surface area contributed by atoms with E-state index < -0.39 is 5.60 Å². The van der Waals surface area contributed by atoms with Crippen LogP contribution in [0.15, 0.2) is 6.20 Å². The molecule has 1 aromatic heterocycles. The number of nitrogens with zero attached hydrogens (tertiary/aromatic N) is 2. The molecule has 1 atom stereocenters. The molecule has 1 aromatic rings. The van der Waals surface area contributed by atoms with Gasteiger partial charge in [0.05, 0.1) is 13.3 Å². The van der Waals surface area contributed by atoms with Gasteiger partial charge in [0.2, 0.25) is 0 Å². The van der Waals surface area contributed by atoms with E-state index in [-0.39, 0.29) is 6.04 Å². The third-order valence-electron chi connectivity index (χ3n) is 3.27. The molecule has 0 spiro atoms. The molecule has 0 aromatic carbocycles. The molecule has 17 heavy (non-hydrogen) atoms. The summed E-state index contributed by atoms with van der Waals surface area (Å²) in [6, 6.07) is 0.208. The Labute approximate surface area is 102 Å². The molecule has 0 saturated carbocycles. The van der Waals surface area contributed by atoms with E-state index in [0.717, 1.165) is 25.1 Å². The van der Waals surface area contributed by atoms with Gasteiger partial charge in [-0.2, -0.15) is 5.10 Å². The minimum Gasteiger partial charge on any atom is -0.493 e. The van der Waals surface area contributed by atoms with Crippen molar-refractivity contribution in [2.75, 3.05) is 20.2 Å². The molecule has 2 heterocycles. The fraction of sp³-hybridized carbons (Fsp3) is 0.750. The average Bonchev–Trinajstić information content (AvgIpc) is 2.74. The minimum atomic E-state index is -0.871. The van der Waals surface area contributed by atoms with E-state index in [9.17, 15) is 5.11 Å². The molecule has 0 bridgehead atoms. The zero-order valence-corrected chi connectivity index (χ0v) is 10.7. The van der Waals surface area contributed by atoms with Gasteiger partial charge in [0, 0.05) is 12.6 Å². The van der Waals surface area contributed by atoms with Crippen LogP contribution in [0.4, 0.5) is 0 Å². The number of rotatable bonds is 3. The van der Waals surface area contributed by atoms with Gasteiger partial charge in [0.1, 0.15) is 11.3 Å². The Morgan fingerprint density at radius 1 is 1.59 bits per heavy atom. The maximum absolute atomic E-state index is 10.8. The lowest BCUT2D eigenvalue weighted by atomic mass is 9.90. The van der Waals surface area contributed by atoms with Crippen LogP contribution in [0.3, 0.4) is 0 Å². The van der Waals surface area contributed by atoms with Gasteiger partial charge in [-0.3, -0.25) is 4.68 Å². The average molecular weight is 239 g/mol. The van der Waals surface area contributed by atoms with Crippen molar-refractivity contribution in [2.45, 2.75) is 38.3 Å². The van der Waals surface area contributed by atoms with Gasteiger partial charge in [-0.05, 0) is 33.2 Å². The second kappa shape index (κ2) is 4.66. The fourth-order valence-corrected chi connectivity index (χ4v) is 2.42. The summed E-state index contributed by atoms with van der Waals surface area (Å²) in [5.41, 5.74) is -0.0770. The van der Waals surface area contributed by atoms with Crippen molar-refractivity contribution in [1.29, 1.82) is 0 Å². The highest BCUT2D eigenvalue weighted by molar-refractivity contribution is 5.32. The van der Waals surface area contributed by atoms with Gasteiger partial charge in [-0.15, -0.1) is 0 Å². The molecule has 0 radical (unpaired) electrons. The minimum absolute atomic E-state index is 0.208. The highest BCUT2D eigenvalue weighted by Gasteiger charge is 2.38. The summed E-state index contributed by atoms with van der Waals surface area (Å²) in [7, 11) is 1.62. The normalized spacial score (nSPS) is 25.2. The number of aromatic nitrogens is 2. The van der Waals surface area contributed by atoms with Gasteiger partial charge in [0.25, 0.3) is 0 Å². The monoisotopic (exact) mass is 239 g/mol. The van der Waals surface area contributed by atoms with Gasteiger partial charge in [0.15, 0.2) is 5.75 Å². The Kier molecular flexibility index (Phi) is 3.40. The quantitative estimate of drug-likeness (QED) is 0.827. The predicted octanol–water partition coefficient (Wildman–Crippen LogP) is 1.04. The molecule has 1 fully saturated rings. The number of ether oxygens (including phenoxy) is 1.